The molecule has 0 atom stereocenters. The fourth-order valence-electron chi connectivity index (χ4n) is 2.08. The summed E-state index contributed by atoms with van der Waals surface area (Å²) < 4.78 is 0. The number of hydrogen-bond donors (Lipinski definition) is 2. The van der Waals surface area contributed by atoms with Gasteiger partial charge in [-0.2, -0.15) is 0 Å². The Bertz CT molecular complexity index is 480. The molecular formula is C16H22N2OS. The van der Waals surface area contributed by atoms with Crippen LogP contribution in [-0.4, -0.2) is 30.8 Å². The molecule has 1 heterocycles. The van der Waals surface area contributed by atoms with Crippen LogP contribution in [0.1, 0.15) is 30.6 Å². The maximum absolute atomic E-state index is 12.1. The van der Waals surface area contributed by atoms with Crippen LogP contribution >= 0.6 is 11.8 Å². The van der Waals surface area contributed by atoms with Crippen LogP contribution in [0.5, 0.6) is 0 Å². The molecule has 0 unspecified atom stereocenters. The van der Waals surface area contributed by atoms with Gasteiger partial charge in [-0.3, -0.25) is 4.79 Å². The van der Waals surface area contributed by atoms with E-state index in [9.17, 15) is 4.79 Å². The highest BCUT2D eigenvalue weighted by molar-refractivity contribution is 7.99. The summed E-state index contributed by atoms with van der Waals surface area (Å²) in [7, 11) is 0. The summed E-state index contributed by atoms with van der Waals surface area (Å²) in [4.78, 5) is 13.3. The third kappa shape index (κ3) is 4.69. The van der Waals surface area contributed by atoms with Gasteiger partial charge in [-0.15, -0.1) is 11.8 Å². The quantitative estimate of drug-likeness (QED) is 0.647. The Kier molecular flexibility index (Phi) is 5.68. The Morgan fingerprint density at radius 2 is 2.10 bits per heavy atom. The van der Waals surface area contributed by atoms with Crippen molar-refractivity contribution < 1.29 is 4.79 Å². The van der Waals surface area contributed by atoms with E-state index in [1.165, 1.54) is 10.5 Å². The Labute approximate surface area is 125 Å². The van der Waals surface area contributed by atoms with E-state index in [2.05, 4.69) is 30.6 Å². The molecular weight excluding hydrogens is 268 g/mol. The highest BCUT2D eigenvalue weighted by Crippen LogP contribution is 2.22. The third-order valence-corrected chi connectivity index (χ3v) is 4.14. The maximum atomic E-state index is 12.1. The number of amides is 1. The van der Waals surface area contributed by atoms with Gasteiger partial charge in [0.05, 0.1) is 0 Å². The first-order chi connectivity index (χ1) is 9.65. The van der Waals surface area contributed by atoms with Gasteiger partial charge in [-0.25, -0.2) is 0 Å². The number of nitrogens with one attached hydrogen (secondary N) is 2. The van der Waals surface area contributed by atoms with Crippen LogP contribution in [-0.2, 0) is 0 Å². The summed E-state index contributed by atoms with van der Waals surface area (Å²) in [6.07, 6.45) is 3.18. The highest BCUT2D eigenvalue weighted by atomic mass is 32.2. The van der Waals surface area contributed by atoms with Crippen LogP contribution in [0.15, 0.2) is 40.8 Å². The molecule has 1 aliphatic rings. The molecule has 20 heavy (non-hydrogen) atoms. The van der Waals surface area contributed by atoms with Gasteiger partial charge < -0.3 is 10.6 Å². The molecule has 4 heteroatoms. The van der Waals surface area contributed by atoms with E-state index < -0.39 is 0 Å². The number of thioether (sulfide) groups is 1. The van der Waals surface area contributed by atoms with Gasteiger partial charge in [0.25, 0.3) is 5.91 Å². The van der Waals surface area contributed by atoms with Crippen molar-refractivity contribution >= 4 is 17.7 Å². The lowest BCUT2D eigenvalue weighted by Gasteiger charge is -2.14. The normalized spacial score (nSPS) is 15.1. The van der Waals surface area contributed by atoms with Crippen molar-refractivity contribution in [1.82, 2.24) is 10.6 Å². The van der Waals surface area contributed by atoms with Crippen LogP contribution in [0.25, 0.3) is 0 Å². The smallest absolute Gasteiger partial charge is 0.251 e. The zero-order chi connectivity index (χ0) is 14.4. The van der Waals surface area contributed by atoms with E-state index in [0.29, 0.717) is 11.8 Å². The molecule has 0 spiro atoms. The Hall–Kier alpha value is -1.26. The minimum Gasteiger partial charge on any atom is -0.348 e. The van der Waals surface area contributed by atoms with E-state index in [1.54, 1.807) is 0 Å². The van der Waals surface area contributed by atoms with Gasteiger partial charge >= 0.3 is 0 Å². The van der Waals surface area contributed by atoms with Crippen molar-refractivity contribution in [2.45, 2.75) is 30.4 Å². The average Bonchev–Trinajstić information content (AvgIpc) is 2.46. The first-order valence-electron chi connectivity index (χ1n) is 7.08. The number of rotatable bonds is 5. The standard InChI is InChI=1S/C16H22N2OS/c1-12(2)20-15-5-3-14(4-6-15)16(19)18-11-13-7-9-17-10-8-13/h3-7,12,17H,8-11H2,1-2H3,(H,18,19). The topological polar surface area (TPSA) is 41.1 Å². The van der Waals surface area contributed by atoms with E-state index in [0.717, 1.165) is 25.1 Å². The molecule has 0 aliphatic carbocycles. The summed E-state index contributed by atoms with van der Waals surface area (Å²) in [5.41, 5.74) is 2.04. The molecule has 2 N–H and O–H groups in total. The van der Waals surface area contributed by atoms with Gasteiger partial charge in [0, 0.05) is 28.8 Å². The predicted molar refractivity (Wildman–Crippen MR) is 85.3 cm³/mol. The van der Waals surface area contributed by atoms with Crippen molar-refractivity contribution in [3.8, 4) is 0 Å². The molecule has 0 bridgehead atoms. The summed E-state index contributed by atoms with van der Waals surface area (Å²) in [6, 6.07) is 7.83. The second kappa shape index (κ2) is 7.50. The lowest BCUT2D eigenvalue weighted by Crippen LogP contribution is -2.29. The van der Waals surface area contributed by atoms with Gasteiger partial charge in [-0.05, 0) is 37.2 Å². The fourth-order valence-corrected chi connectivity index (χ4v) is 2.92. The SMILES string of the molecule is CC(C)Sc1ccc(C(=O)NCC2=CCNCC2)cc1. The second-order valence-electron chi connectivity index (χ2n) is 5.19. The lowest BCUT2D eigenvalue weighted by molar-refractivity contribution is 0.0956. The first kappa shape index (κ1) is 15.1. The first-order valence-corrected chi connectivity index (χ1v) is 7.96. The molecule has 108 valence electrons. The Balaban J connectivity index is 1.87. The zero-order valence-corrected chi connectivity index (χ0v) is 12.9. The molecule has 1 amide bonds. The molecule has 0 fully saturated rings. The minimum atomic E-state index is 0.00512. The zero-order valence-electron chi connectivity index (χ0n) is 12.1. The van der Waals surface area contributed by atoms with Gasteiger partial charge in [0.2, 0.25) is 0 Å². The number of benzene rings is 1. The van der Waals surface area contributed by atoms with Crippen LogP contribution in [0.3, 0.4) is 0 Å². The maximum Gasteiger partial charge on any atom is 0.251 e. The number of carbonyl (C=O) groups excluding carboxylic acids is 1. The van der Waals surface area contributed by atoms with Gasteiger partial charge in [0.1, 0.15) is 0 Å². The van der Waals surface area contributed by atoms with Crippen molar-refractivity contribution in [3.63, 3.8) is 0 Å². The average molecular weight is 290 g/mol. The lowest BCUT2D eigenvalue weighted by atomic mass is 10.1. The third-order valence-electron chi connectivity index (χ3n) is 3.12. The van der Waals surface area contributed by atoms with Crippen molar-refractivity contribution in [2.24, 2.45) is 0 Å². The predicted octanol–water partition coefficient (Wildman–Crippen LogP) is 2.84. The summed E-state index contributed by atoms with van der Waals surface area (Å²) in [6.45, 7) is 6.90. The molecule has 0 saturated carbocycles. The van der Waals surface area contributed by atoms with Crippen molar-refractivity contribution in [2.75, 3.05) is 19.6 Å². The van der Waals surface area contributed by atoms with Crippen molar-refractivity contribution in [3.05, 3.63) is 41.5 Å². The molecule has 0 aromatic heterocycles. The second-order valence-corrected chi connectivity index (χ2v) is 6.84. The minimum absolute atomic E-state index is 0.00512. The molecule has 0 radical (unpaired) electrons. The molecule has 1 aliphatic heterocycles. The number of hydrogen-bond acceptors (Lipinski definition) is 3. The van der Waals surface area contributed by atoms with Crippen LogP contribution in [0, 0.1) is 0 Å². The van der Waals surface area contributed by atoms with E-state index in [4.69, 9.17) is 0 Å². The molecule has 3 nitrogen and oxygen atoms in total. The summed E-state index contributed by atoms with van der Waals surface area (Å²) in [5, 5.41) is 6.81. The van der Waals surface area contributed by atoms with E-state index >= 15 is 0 Å². The summed E-state index contributed by atoms with van der Waals surface area (Å²) >= 11 is 1.81. The van der Waals surface area contributed by atoms with Crippen LogP contribution in [0.2, 0.25) is 0 Å². The van der Waals surface area contributed by atoms with E-state index in [1.807, 2.05) is 36.0 Å². The van der Waals surface area contributed by atoms with Gasteiger partial charge in [-0.1, -0.05) is 25.5 Å². The van der Waals surface area contributed by atoms with Crippen LogP contribution < -0.4 is 10.6 Å². The fraction of sp³-hybridized carbons (Fsp3) is 0.438. The number of carbonyl (C=O) groups is 1. The Morgan fingerprint density at radius 1 is 1.35 bits per heavy atom. The van der Waals surface area contributed by atoms with Crippen molar-refractivity contribution in [1.29, 1.82) is 0 Å². The highest BCUT2D eigenvalue weighted by Gasteiger charge is 2.08. The molecule has 0 saturated heterocycles. The van der Waals surface area contributed by atoms with Crippen LogP contribution in [0.4, 0.5) is 0 Å². The largest absolute Gasteiger partial charge is 0.348 e. The monoisotopic (exact) mass is 290 g/mol. The van der Waals surface area contributed by atoms with Gasteiger partial charge in [0.15, 0.2) is 0 Å². The Morgan fingerprint density at radius 3 is 2.70 bits per heavy atom. The summed E-state index contributed by atoms with van der Waals surface area (Å²) in [5.74, 6) is 0.00512. The van der Waals surface area contributed by atoms with E-state index in [-0.39, 0.29) is 5.91 Å². The molecule has 1 aromatic carbocycles. The molecule has 1 aromatic rings. The molecule has 2 rings (SSSR count).